The van der Waals surface area contributed by atoms with Gasteiger partial charge in [-0.25, -0.2) is 0 Å². The zero-order valence-electron chi connectivity index (χ0n) is 14.0. The van der Waals surface area contributed by atoms with E-state index in [2.05, 4.69) is 43.8 Å². The van der Waals surface area contributed by atoms with Crippen LogP contribution in [-0.4, -0.2) is 65.0 Å². The van der Waals surface area contributed by atoms with Gasteiger partial charge in [0, 0.05) is 46.3 Å². The van der Waals surface area contributed by atoms with Crippen molar-refractivity contribution in [2.24, 2.45) is 4.99 Å². The molecule has 0 amide bonds. The van der Waals surface area contributed by atoms with Gasteiger partial charge in [0.15, 0.2) is 5.96 Å². The monoisotopic (exact) mass is 308 g/mol. The van der Waals surface area contributed by atoms with Gasteiger partial charge in [0.05, 0.1) is 6.10 Å². The van der Waals surface area contributed by atoms with Crippen LogP contribution in [0, 0.1) is 0 Å². The number of ether oxygens (including phenoxy) is 1. The first kappa shape index (κ1) is 16.7. The van der Waals surface area contributed by atoms with E-state index in [4.69, 9.17) is 4.74 Å². The number of piperidine rings is 1. The number of nitrogens with zero attached hydrogens (tertiary/aromatic N) is 5. The van der Waals surface area contributed by atoms with Crippen LogP contribution in [0.5, 0.6) is 0 Å². The third-order valence-electron chi connectivity index (χ3n) is 4.00. The number of aryl methyl sites for hydroxylation is 1. The third kappa shape index (κ3) is 4.43. The summed E-state index contributed by atoms with van der Waals surface area (Å²) in [5.41, 5.74) is 0. The Kier molecular flexibility index (Phi) is 6.64. The zero-order valence-corrected chi connectivity index (χ0v) is 14.0. The molecule has 1 fully saturated rings. The van der Waals surface area contributed by atoms with Crippen molar-refractivity contribution in [1.82, 2.24) is 25.0 Å². The Morgan fingerprint density at radius 2 is 2.18 bits per heavy atom. The fourth-order valence-corrected chi connectivity index (χ4v) is 2.83. The van der Waals surface area contributed by atoms with Crippen LogP contribution in [0.25, 0.3) is 0 Å². The lowest BCUT2D eigenvalue weighted by Crippen LogP contribution is -2.47. The van der Waals surface area contributed by atoms with E-state index in [-0.39, 0.29) is 0 Å². The van der Waals surface area contributed by atoms with Gasteiger partial charge in [0.25, 0.3) is 0 Å². The van der Waals surface area contributed by atoms with E-state index in [1.807, 2.05) is 7.05 Å². The fourth-order valence-electron chi connectivity index (χ4n) is 2.83. The van der Waals surface area contributed by atoms with E-state index in [0.717, 1.165) is 63.8 Å². The quantitative estimate of drug-likeness (QED) is 0.625. The van der Waals surface area contributed by atoms with Crippen LogP contribution in [0.1, 0.15) is 32.5 Å². The summed E-state index contributed by atoms with van der Waals surface area (Å²) in [6.45, 7) is 8.62. The molecule has 0 spiro atoms. The summed E-state index contributed by atoms with van der Waals surface area (Å²) in [7, 11) is 1.84. The average molecular weight is 308 g/mol. The molecule has 7 nitrogen and oxygen atoms in total. The molecule has 1 N–H and O–H groups in total. The molecule has 1 aromatic rings. The molecular weight excluding hydrogens is 280 g/mol. The Hall–Kier alpha value is -1.63. The maximum absolute atomic E-state index is 5.70. The highest BCUT2D eigenvalue weighted by molar-refractivity contribution is 5.79. The van der Waals surface area contributed by atoms with E-state index < -0.39 is 0 Å². The molecule has 22 heavy (non-hydrogen) atoms. The summed E-state index contributed by atoms with van der Waals surface area (Å²) in [5, 5.41) is 11.5. The summed E-state index contributed by atoms with van der Waals surface area (Å²) in [6, 6.07) is 0. The summed E-state index contributed by atoms with van der Waals surface area (Å²) >= 11 is 0. The number of hydrogen-bond donors (Lipinski definition) is 1. The van der Waals surface area contributed by atoms with Crippen molar-refractivity contribution in [2.45, 2.75) is 45.8 Å². The minimum Gasteiger partial charge on any atom is -0.378 e. The van der Waals surface area contributed by atoms with Gasteiger partial charge in [0.2, 0.25) is 0 Å². The van der Waals surface area contributed by atoms with Gasteiger partial charge < -0.3 is 19.5 Å². The summed E-state index contributed by atoms with van der Waals surface area (Å²) in [4.78, 5) is 6.70. The topological polar surface area (TPSA) is 67.6 Å². The highest BCUT2D eigenvalue weighted by Gasteiger charge is 2.21. The summed E-state index contributed by atoms with van der Waals surface area (Å²) in [5.74, 6) is 2.00. The number of nitrogens with one attached hydrogen (secondary N) is 1. The lowest BCUT2D eigenvalue weighted by Gasteiger charge is -2.34. The molecule has 1 saturated heterocycles. The van der Waals surface area contributed by atoms with Crippen molar-refractivity contribution in [3.8, 4) is 0 Å². The molecule has 2 rings (SSSR count). The molecule has 124 valence electrons. The van der Waals surface area contributed by atoms with Gasteiger partial charge in [-0.3, -0.25) is 4.99 Å². The molecule has 0 aromatic carbocycles. The fraction of sp³-hybridized carbons (Fsp3) is 0.800. The van der Waals surface area contributed by atoms with Crippen LogP contribution in [0.3, 0.4) is 0 Å². The summed E-state index contributed by atoms with van der Waals surface area (Å²) in [6.07, 6.45) is 5.24. The van der Waals surface area contributed by atoms with Crippen molar-refractivity contribution in [3.05, 3.63) is 12.2 Å². The van der Waals surface area contributed by atoms with E-state index in [0.29, 0.717) is 6.10 Å². The van der Waals surface area contributed by atoms with Gasteiger partial charge in [-0.2, -0.15) is 0 Å². The number of hydrogen-bond acceptors (Lipinski definition) is 4. The molecular formula is C15H28N6O. The smallest absolute Gasteiger partial charge is 0.193 e. The molecule has 2 heterocycles. The molecule has 1 aliphatic heterocycles. The van der Waals surface area contributed by atoms with Crippen LogP contribution in [0.2, 0.25) is 0 Å². The van der Waals surface area contributed by atoms with Gasteiger partial charge in [-0.1, -0.05) is 6.92 Å². The second kappa shape index (κ2) is 8.73. The molecule has 0 saturated carbocycles. The maximum Gasteiger partial charge on any atom is 0.193 e. The highest BCUT2D eigenvalue weighted by Crippen LogP contribution is 2.13. The molecule has 1 aliphatic rings. The van der Waals surface area contributed by atoms with Crippen LogP contribution >= 0.6 is 0 Å². The molecule has 1 aromatic heterocycles. The number of aromatic nitrogens is 3. The van der Waals surface area contributed by atoms with Gasteiger partial charge in [-0.05, 0) is 19.8 Å². The van der Waals surface area contributed by atoms with E-state index in [1.165, 1.54) is 0 Å². The van der Waals surface area contributed by atoms with Crippen LogP contribution in [0.4, 0.5) is 0 Å². The van der Waals surface area contributed by atoms with E-state index in [9.17, 15) is 0 Å². The van der Waals surface area contributed by atoms with Crippen molar-refractivity contribution in [3.63, 3.8) is 0 Å². The van der Waals surface area contributed by atoms with Crippen molar-refractivity contribution in [1.29, 1.82) is 0 Å². The first-order valence-electron chi connectivity index (χ1n) is 8.22. The molecule has 0 aliphatic carbocycles. The Morgan fingerprint density at radius 1 is 1.41 bits per heavy atom. The Bertz CT molecular complexity index is 464. The lowest BCUT2D eigenvalue weighted by molar-refractivity contribution is 0.0264. The van der Waals surface area contributed by atoms with Crippen LogP contribution in [0.15, 0.2) is 11.3 Å². The minimum atomic E-state index is 0.406. The molecule has 0 bridgehead atoms. The number of aliphatic imine (C=N–C) groups is 1. The number of likely N-dealkylation sites (tertiary alicyclic amines) is 1. The normalized spacial score (nSPS) is 17.0. The first-order valence-corrected chi connectivity index (χ1v) is 8.22. The van der Waals surface area contributed by atoms with E-state index in [1.54, 1.807) is 6.33 Å². The zero-order chi connectivity index (χ0) is 15.8. The second-order valence-corrected chi connectivity index (χ2v) is 5.41. The first-order chi connectivity index (χ1) is 10.8. The molecule has 0 radical (unpaired) electrons. The predicted octanol–water partition coefficient (Wildman–Crippen LogP) is 0.917. The largest absolute Gasteiger partial charge is 0.378 e. The third-order valence-corrected chi connectivity index (χ3v) is 4.00. The predicted molar refractivity (Wildman–Crippen MR) is 87.0 cm³/mol. The van der Waals surface area contributed by atoms with Crippen LogP contribution in [-0.2, 0) is 17.7 Å². The van der Waals surface area contributed by atoms with E-state index >= 15 is 0 Å². The van der Waals surface area contributed by atoms with Gasteiger partial charge in [-0.15, -0.1) is 10.2 Å². The van der Waals surface area contributed by atoms with Crippen molar-refractivity contribution < 1.29 is 4.74 Å². The minimum absolute atomic E-state index is 0.406. The van der Waals surface area contributed by atoms with Crippen molar-refractivity contribution >= 4 is 5.96 Å². The van der Waals surface area contributed by atoms with Gasteiger partial charge >= 0.3 is 0 Å². The average Bonchev–Trinajstić information content (AvgIpc) is 3.00. The Balaban J connectivity index is 1.76. The Labute approximate surface area is 132 Å². The standard InChI is InChI=1S/C15H28N6O/c1-4-14-19-18-12-21(14)11-8-17-15(16-3)20-9-6-13(7-10-20)22-5-2/h12-13H,4-11H2,1-3H3,(H,16,17). The lowest BCUT2D eigenvalue weighted by atomic mass is 10.1. The summed E-state index contributed by atoms with van der Waals surface area (Å²) < 4.78 is 7.78. The maximum atomic E-state index is 5.70. The molecule has 0 unspecified atom stereocenters. The van der Waals surface area contributed by atoms with Crippen molar-refractivity contribution in [2.75, 3.05) is 33.3 Å². The number of guanidine groups is 1. The van der Waals surface area contributed by atoms with Crippen LogP contribution < -0.4 is 5.32 Å². The second-order valence-electron chi connectivity index (χ2n) is 5.41. The highest BCUT2D eigenvalue weighted by atomic mass is 16.5. The Morgan fingerprint density at radius 3 is 2.82 bits per heavy atom. The molecule has 7 heteroatoms. The number of rotatable bonds is 6. The molecule has 0 atom stereocenters. The SMILES string of the molecule is CCOC1CCN(C(=NC)NCCn2cnnc2CC)CC1. The van der Waals surface area contributed by atoms with Gasteiger partial charge in [0.1, 0.15) is 12.2 Å².